The lowest BCUT2D eigenvalue weighted by molar-refractivity contribution is 0.0635. The van der Waals surface area contributed by atoms with Gasteiger partial charge in [-0.05, 0) is 39.0 Å². The van der Waals surface area contributed by atoms with Gasteiger partial charge in [-0.3, -0.25) is 5.32 Å². The molecule has 0 fully saturated rings. The van der Waals surface area contributed by atoms with Gasteiger partial charge < -0.3 is 4.74 Å². The standard InChI is InChI=1S/C15H15FN4O2/c1-15(2,3)22-14(21)19-13-10(8-17)9-18-20(13)12-6-4-5-11(16)7-12/h4-7,9H,1-3H3,(H,19,21). The topological polar surface area (TPSA) is 79.9 Å². The molecule has 0 atom stereocenters. The van der Waals surface area contributed by atoms with Gasteiger partial charge in [-0.2, -0.15) is 10.4 Å². The fourth-order valence-electron chi connectivity index (χ4n) is 1.75. The molecule has 0 aliphatic heterocycles. The maximum Gasteiger partial charge on any atom is 0.413 e. The molecule has 0 aliphatic carbocycles. The molecule has 0 unspecified atom stereocenters. The number of hydrogen-bond acceptors (Lipinski definition) is 4. The Hall–Kier alpha value is -2.88. The average Bonchev–Trinajstić information content (AvgIpc) is 2.79. The minimum absolute atomic E-state index is 0.127. The van der Waals surface area contributed by atoms with E-state index in [2.05, 4.69) is 10.4 Å². The van der Waals surface area contributed by atoms with Crippen molar-refractivity contribution in [2.75, 3.05) is 5.32 Å². The van der Waals surface area contributed by atoms with Crippen LogP contribution < -0.4 is 5.32 Å². The Bertz CT molecular complexity index is 741. The third kappa shape index (κ3) is 3.61. The molecular weight excluding hydrogens is 287 g/mol. The number of benzene rings is 1. The Balaban J connectivity index is 2.36. The van der Waals surface area contributed by atoms with Gasteiger partial charge >= 0.3 is 6.09 Å². The lowest BCUT2D eigenvalue weighted by atomic mass is 10.2. The molecule has 2 rings (SSSR count). The van der Waals surface area contributed by atoms with Crippen LogP contribution in [0.5, 0.6) is 0 Å². The van der Waals surface area contributed by atoms with Gasteiger partial charge in [0.15, 0.2) is 5.82 Å². The zero-order chi connectivity index (χ0) is 16.3. The molecule has 0 spiro atoms. The molecule has 0 aliphatic rings. The van der Waals surface area contributed by atoms with E-state index in [4.69, 9.17) is 10.00 Å². The van der Waals surface area contributed by atoms with Crippen LogP contribution in [-0.2, 0) is 4.74 Å². The number of ether oxygens (including phenoxy) is 1. The van der Waals surface area contributed by atoms with E-state index < -0.39 is 17.5 Å². The Kier molecular flexibility index (Phi) is 4.13. The molecule has 6 nitrogen and oxygen atoms in total. The van der Waals surface area contributed by atoms with Crippen LogP contribution in [-0.4, -0.2) is 21.5 Å². The SMILES string of the molecule is CC(C)(C)OC(=O)Nc1c(C#N)cnn1-c1cccc(F)c1. The zero-order valence-electron chi connectivity index (χ0n) is 12.4. The molecule has 22 heavy (non-hydrogen) atoms. The van der Waals surface area contributed by atoms with Crippen molar-refractivity contribution >= 4 is 11.9 Å². The Morgan fingerprint density at radius 2 is 2.18 bits per heavy atom. The zero-order valence-corrected chi connectivity index (χ0v) is 12.4. The summed E-state index contributed by atoms with van der Waals surface area (Å²) in [7, 11) is 0. The lowest BCUT2D eigenvalue weighted by Gasteiger charge is -2.20. The van der Waals surface area contributed by atoms with Crippen molar-refractivity contribution in [1.29, 1.82) is 5.26 Å². The van der Waals surface area contributed by atoms with Crippen molar-refractivity contribution in [3.05, 3.63) is 41.8 Å². The first-order valence-electron chi connectivity index (χ1n) is 6.54. The molecule has 0 saturated heterocycles. The summed E-state index contributed by atoms with van der Waals surface area (Å²) in [6.45, 7) is 5.17. The number of nitrogens with zero attached hydrogens (tertiary/aromatic N) is 3. The summed E-state index contributed by atoms with van der Waals surface area (Å²) in [4.78, 5) is 11.9. The fraction of sp³-hybridized carbons (Fsp3) is 0.267. The summed E-state index contributed by atoms with van der Waals surface area (Å²) in [6, 6.07) is 7.57. The van der Waals surface area contributed by atoms with E-state index in [9.17, 15) is 9.18 Å². The summed E-state index contributed by atoms with van der Waals surface area (Å²) in [6.07, 6.45) is 0.569. The maximum absolute atomic E-state index is 13.3. The monoisotopic (exact) mass is 302 g/mol. The highest BCUT2D eigenvalue weighted by molar-refractivity contribution is 5.86. The highest BCUT2D eigenvalue weighted by atomic mass is 19.1. The molecule has 1 aromatic heterocycles. The van der Waals surface area contributed by atoms with Crippen molar-refractivity contribution in [2.24, 2.45) is 0 Å². The summed E-state index contributed by atoms with van der Waals surface area (Å²) < 4.78 is 19.8. The largest absolute Gasteiger partial charge is 0.444 e. The van der Waals surface area contributed by atoms with Crippen LogP contribution in [0.3, 0.4) is 0 Å². The Labute approximate surface area is 127 Å². The third-order valence-electron chi connectivity index (χ3n) is 2.56. The van der Waals surface area contributed by atoms with E-state index in [0.29, 0.717) is 5.69 Å². The molecule has 114 valence electrons. The maximum atomic E-state index is 13.3. The number of aromatic nitrogens is 2. The minimum atomic E-state index is -0.720. The number of anilines is 1. The number of carbonyl (C=O) groups excluding carboxylic acids is 1. The Morgan fingerprint density at radius 3 is 2.77 bits per heavy atom. The van der Waals surface area contributed by atoms with Crippen molar-refractivity contribution in [3.8, 4) is 11.8 Å². The summed E-state index contributed by atoms with van der Waals surface area (Å²) in [5.74, 6) is -0.322. The molecule has 1 amide bonds. The van der Waals surface area contributed by atoms with E-state index in [1.165, 1.54) is 29.1 Å². The number of amides is 1. The first-order chi connectivity index (χ1) is 10.3. The second-order valence-electron chi connectivity index (χ2n) is 5.54. The first-order valence-corrected chi connectivity index (χ1v) is 6.54. The van der Waals surface area contributed by atoms with Crippen LogP contribution >= 0.6 is 0 Å². The second kappa shape index (κ2) is 5.85. The third-order valence-corrected chi connectivity index (χ3v) is 2.56. The van der Waals surface area contributed by atoms with Gasteiger partial charge in [0.05, 0.1) is 11.9 Å². The molecule has 1 heterocycles. The van der Waals surface area contributed by atoms with Gasteiger partial charge in [-0.15, -0.1) is 0 Å². The van der Waals surface area contributed by atoms with Crippen LogP contribution in [0.4, 0.5) is 15.0 Å². The van der Waals surface area contributed by atoms with Crippen LogP contribution in [0.15, 0.2) is 30.5 Å². The lowest BCUT2D eigenvalue weighted by Crippen LogP contribution is -2.28. The number of halogens is 1. The van der Waals surface area contributed by atoms with Crippen molar-refractivity contribution in [1.82, 2.24) is 9.78 Å². The van der Waals surface area contributed by atoms with Crippen LogP contribution in [0, 0.1) is 17.1 Å². The number of carbonyl (C=O) groups is 1. The smallest absolute Gasteiger partial charge is 0.413 e. The minimum Gasteiger partial charge on any atom is -0.444 e. The van der Waals surface area contributed by atoms with E-state index in [1.54, 1.807) is 26.8 Å². The van der Waals surface area contributed by atoms with E-state index in [-0.39, 0.29) is 11.4 Å². The summed E-state index contributed by atoms with van der Waals surface area (Å²) in [5.41, 5.74) is -0.150. The molecule has 0 radical (unpaired) electrons. The highest BCUT2D eigenvalue weighted by Crippen LogP contribution is 2.21. The van der Waals surface area contributed by atoms with Gasteiger partial charge in [-0.1, -0.05) is 6.07 Å². The fourth-order valence-corrected chi connectivity index (χ4v) is 1.75. The molecule has 2 aromatic rings. The quantitative estimate of drug-likeness (QED) is 0.923. The van der Waals surface area contributed by atoms with E-state index >= 15 is 0 Å². The first kappa shape index (κ1) is 15.5. The average molecular weight is 302 g/mol. The van der Waals surface area contributed by atoms with Crippen molar-refractivity contribution < 1.29 is 13.9 Å². The second-order valence-corrected chi connectivity index (χ2v) is 5.54. The van der Waals surface area contributed by atoms with E-state index in [0.717, 1.165) is 0 Å². The number of nitrogens with one attached hydrogen (secondary N) is 1. The molecule has 0 saturated carbocycles. The molecule has 7 heteroatoms. The van der Waals surface area contributed by atoms with Crippen LogP contribution in [0.1, 0.15) is 26.3 Å². The number of rotatable bonds is 2. The van der Waals surface area contributed by atoms with Crippen molar-refractivity contribution in [3.63, 3.8) is 0 Å². The normalized spacial score (nSPS) is 10.9. The van der Waals surface area contributed by atoms with Crippen molar-refractivity contribution in [2.45, 2.75) is 26.4 Å². The number of hydrogen-bond donors (Lipinski definition) is 1. The number of nitriles is 1. The van der Waals surface area contributed by atoms with Gasteiger partial charge in [0, 0.05) is 0 Å². The van der Waals surface area contributed by atoms with E-state index in [1.807, 2.05) is 6.07 Å². The summed E-state index contributed by atoms with van der Waals surface area (Å²) in [5, 5.41) is 15.6. The molecular formula is C15H15FN4O2. The molecule has 1 N–H and O–H groups in total. The highest BCUT2D eigenvalue weighted by Gasteiger charge is 2.20. The van der Waals surface area contributed by atoms with Gasteiger partial charge in [0.1, 0.15) is 23.1 Å². The van der Waals surface area contributed by atoms with Crippen LogP contribution in [0.25, 0.3) is 5.69 Å². The predicted molar refractivity (Wildman–Crippen MR) is 78.1 cm³/mol. The van der Waals surface area contributed by atoms with Gasteiger partial charge in [0.25, 0.3) is 0 Å². The van der Waals surface area contributed by atoms with Gasteiger partial charge in [0.2, 0.25) is 0 Å². The van der Waals surface area contributed by atoms with Crippen LogP contribution in [0.2, 0.25) is 0 Å². The Morgan fingerprint density at radius 1 is 1.45 bits per heavy atom. The predicted octanol–water partition coefficient (Wildman–Crippen LogP) is 3.23. The molecule has 0 bridgehead atoms. The van der Waals surface area contributed by atoms with Gasteiger partial charge in [-0.25, -0.2) is 13.9 Å². The molecule has 1 aromatic carbocycles. The summed E-state index contributed by atoms with van der Waals surface area (Å²) >= 11 is 0.